The monoisotopic (exact) mass is 358 g/mol. The second-order valence-corrected chi connectivity index (χ2v) is 7.61. The predicted octanol–water partition coefficient (Wildman–Crippen LogP) is 2.88. The summed E-state index contributed by atoms with van der Waals surface area (Å²) in [7, 11) is 0. The molecule has 2 N–H and O–H groups in total. The molecule has 0 saturated heterocycles. The Kier molecular flexibility index (Phi) is 5.61. The fraction of sp³-hybridized carbons (Fsp3) is 0.500. The minimum atomic E-state index is -0.377. The lowest BCUT2D eigenvalue weighted by Crippen LogP contribution is -2.36. The number of nitrogens with one attached hydrogen (secondary N) is 1. The van der Waals surface area contributed by atoms with Gasteiger partial charge < -0.3 is 19.7 Å². The van der Waals surface area contributed by atoms with Gasteiger partial charge in [0.2, 0.25) is 0 Å². The lowest BCUT2D eigenvalue weighted by atomic mass is 9.92. The number of carbonyl (C=O) groups is 1. The van der Waals surface area contributed by atoms with Crippen molar-refractivity contribution in [3.05, 3.63) is 46.8 Å². The normalized spacial score (nSPS) is 14.0. The molecule has 140 valence electrons. The maximum absolute atomic E-state index is 12.1. The molecule has 0 fully saturated rings. The molecule has 1 aromatic carbocycles. The topological polar surface area (TPSA) is 84.6 Å². The summed E-state index contributed by atoms with van der Waals surface area (Å²) in [6, 6.07) is 7.78. The highest BCUT2D eigenvalue weighted by atomic mass is 16.5. The standard InChI is InChI=1S/C20H26N2O4/c1-20(2,13-23)12-21-19(24)18-10-17(26-22-18)11-25-16-8-7-14-5-3-4-6-15(14)9-16/h7-10,23H,3-6,11-13H2,1-2H3,(H,21,24). The van der Waals surface area contributed by atoms with Crippen LogP contribution >= 0.6 is 0 Å². The highest BCUT2D eigenvalue weighted by Crippen LogP contribution is 2.25. The summed E-state index contributed by atoms with van der Waals surface area (Å²) in [6.07, 6.45) is 4.72. The molecule has 1 aromatic heterocycles. The number of rotatable bonds is 7. The predicted molar refractivity (Wildman–Crippen MR) is 97.1 cm³/mol. The molecule has 1 amide bonds. The quantitative estimate of drug-likeness (QED) is 0.795. The highest BCUT2D eigenvalue weighted by molar-refractivity contribution is 5.92. The minimum absolute atomic E-state index is 0.00797. The van der Waals surface area contributed by atoms with Crippen molar-refractivity contribution in [3.63, 3.8) is 0 Å². The van der Waals surface area contributed by atoms with Crippen LogP contribution in [0.4, 0.5) is 0 Å². The zero-order valence-electron chi connectivity index (χ0n) is 15.4. The summed E-state index contributed by atoms with van der Waals surface area (Å²) < 4.78 is 11.0. The number of benzene rings is 1. The van der Waals surface area contributed by atoms with Crippen molar-refractivity contribution in [2.45, 2.75) is 46.1 Å². The first-order chi connectivity index (χ1) is 12.5. The van der Waals surface area contributed by atoms with Crippen LogP contribution in [0, 0.1) is 5.41 Å². The van der Waals surface area contributed by atoms with Crippen LogP contribution < -0.4 is 10.1 Å². The summed E-state index contributed by atoms with van der Waals surface area (Å²) in [6.45, 7) is 4.31. The number of aliphatic hydroxyl groups excluding tert-OH is 1. The van der Waals surface area contributed by atoms with Gasteiger partial charge in [-0.3, -0.25) is 4.79 Å². The van der Waals surface area contributed by atoms with Crippen LogP contribution in [0.1, 0.15) is 54.1 Å². The number of aryl methyl sites for hydroxylation is 2. The maximum atomic E-state index is 12.1. The maximum Gasteiger partial charge on any atom is 0.273 e. The van der Waals surface area contributed by atoms with Gasteiger partial charge in [-0.05, 0) is 48.9 Å². The Morgan fingerprint density at radius 2 is 2.04 bits per heavy atom. The number of fused-ring (bicyclic) bond motifs is 1. The highest BCUT2D eigenvalue weighted by Gasteiger charge is 2.20. The summed E-state index contributed by atoms with van der Waals surface area (Å²) in [5.74, 6) is 0.974. The van der Waals surface area contributed by atoms with Gasteiger partial charge in [0.05, 0.1) is 0 Å². The van der Waals surface area contributed by atoms with E-state index in [-0.39, 0.29) is 30.2 Å². The van der Waals surface area contributed by atoms with E-state index in [4.69, 9.17) is 9.26 Å². The number of hydrogen-bond acceptors (Lipinski definition) is 5. The third-order valence-electron chi connectivity index (χ3n) is 4.65. The van der Waals surface area contributed by atoms with Gasteiger partial charge in [-0.25, -0.2) is 0 Å². The zero-order chi connectivity index (χ0) is 18.6. The molecule has 0 atom stereocenters. The van der Waals surface area contributed by atoms with E-state index in [0.717, 1.165) is 18.6 Å². The first kappa shape index (κ1) is 18.5. The van der Waals surface area contributed by atoms with Crippen molar-refractivity contribution in [2.75, 3.05) is 13.2 Å². The van der Waals surface area contributed by atoms with Gasteiger partial charge in [-0.15, -0.1) is 0 Å². The third kappa shape index (κ3) is 4.64. The van der Waals surface area contributed by atoms with E-state index in [1.165, 1.54) is 24.0 Å². The van der Waals surface area contributed by atoms with Crippen molar-refractivity contribution in [1.29, 1.82) is 0 Å². The van der Waals surface area contributed by atoms with Crippen LogP contribution in [0.2, 0.25) is 0 Å². The molecule has 26 heavy (non-hydrogen) atoms. The largest absolute Gasteiger partial charge is 0.486 e. The van der Waals surface area contributed by atoms with E-state index < -0.39 is 0 Å². The van der Waals surface area contributed by atoms with Crippen LogP contribution in [0.5, 0.6) is 5.75 Å². The average Bonchev–Trinajstić information content (AvgIpc) is 3.13. The summed E-state index contributed by atoms with van der Waals surface area (Å²) in [5.41, 5.74) is 2.60. The molecule has 3 rings (SSSR count). The minimum Gasteiger partial charge on any atom is -0.486 e. The number of carbonyl (C=O) groups excluding carboxylic acids is 1. The summed E-state index contributed by atoms with van der Waals surface area (Å²) >= 11 is 0. The molecule has 0 unspecified atom stereocenters. The van der Waals surface area contributed by atoms with Crippen LogP contribution in [-0.2, 0) is 19.4 Å². The van der Waals surface area contributed by atoms with E-state index >= 15 is 0 Å². The van der Waals surface area contributed by atoms with Crippen molar-refractivity contribution < 1.29 is 19.2 Å². The molecule has 0 bridgehead atoms. The van der Waals surface area contributed by atoms with Gasteiger partial charge in [-0.1, -0.05) is 25.1 Å². The Bertz CT molecular complexity index is 767. The first-order valence-electron chi connectivity index (χ1n) is 9.06. The Hall–Kier alpha value is -2.34. The molecule has 1 heterocycles. The second-order valence-electron chi connectivity index (χ2n) is 7.61. The van der Waals surface area contributed by atoms with Crippen molar-refractivity contribution in [2.24, 2.45) is 5.41 Å². The smallest absolute Gasteiger partial charge is 0.273 e. The van der Waals surface area contributed by atoms with Crippen LogP contribution in [0.3, 0.4) is 0 Å². The number of hydrogen-bond donors (Lipinski definition) is 2. The Morgan fingerprint density at radius 1 is 1.27 bits per heavy atom. The van der Waals surface area contributed by atoms with Gasteiger partial charge in [0, 0.05) is 24.6 Å². The van der Waals surface area contributed by atoms with Crippen LogP contribution in [0.25, 0.3) is 0 Å². The van der Waals surface area contributed by atoms with Gasteiger partial charge in [-0.2, -0.15) is 0 Å². The van der Waals surface area contributed by atoms with E-state index in [1.54, 1.807) is 6.07 Å². The molecule has 0 radical (unpaired) electrons. The fourth-order valence-electron chi connectivity index (χ4n) is 2.91. The summed E-state index contributed by atoms with van der Waals surface area (Å²) in [5, 5.41) is 15.8. The molecule has 1 aliphatic carbocycles. The number of aromatic nitrogens is 1. The molecule has 0 aliphatic heterocycles. The molecule has 6 nitrogen and oxygen atoms in total. The Balaban J connectivity index is 1.54. The molecule has 6 heteroatoms. The summed E-state index contributed by atoms with van der Waals surface area (Å²) in [4.78, 5) is 12.1. The van der Waals surface area contributed by atoms with E-state index in [0.29, 0.717) is 12.3 Å². The molecule has 2 aromatic rings. The Labute approximate surface area is 153 Å². The third-order valence-corrected chi connectivity index (χ3v) is 4.65. The van der Waals surface area contributed by atoms with Crippen molar-refractivity contribution >= 4 is 5.91 Å². The van der Waals surface area contributed by atoms with Gasteiger partial charge >= 0.3 is 0 Å². The molecule has 0 spiro atoms. The SMILES string of the molecule is CC(C)(CO)CNC(=O)c1cc(COc2ccc3c(c2)CCCC3)on1. The lowest BCUT2D eigenvalue weighted by Gasteiger charge is -2.21. The molecular formula is C20H26N2O4. The van der Waals surface area contributed by atoms with Crippen LogP contribution in [0.15, 0.2) is 28.8 Å². The lowest BCUT2D eigenvalue weighted by molar-refractivity contribution is 0.0902. The number of nitrogens with zero attached hydrogens (tertiary/aromatic N) is 1. The van der Waals surface area contributed by atoms with Crippen molar-refractivity contribution in [1.82, 2.24) is 10.5 Å². The van der Waals surface area contributed by atoms with E-state index in [2.05, 4.69) is 22.6 Å². The van der Waals surface area contributed by atoms with E-state index in [1.807, 2.05) is 19.9 Å². The van der Waals surface area contributed by atoms with Gasteiger partial charge in [0.15, 0.2) is 11.5 Å². The van der Waals surface area contributed by atoms with Gasteiger partial charge in [0.25, 0.3) is 5.91 Å². The Morgan fingerprint density at radius 3 is 2.81 bits per heavy atom. The van der Waals surface area contributed by atoms with Crippen molar-refractivity contribution in [3.8, 4) is 5.75 Å². The fourth-order valence-corrected chi connectivity index (χ4v) is 2.91. The first-order valence-corrected chi connectivity index (χ1v) is 9.06. The number of ether oxygens (including phenoxy) is 1. The number of amides is 1. The molecule has 1 aliphatic rings. The average molecular weight is 358 g/mol. The van der Waals surface area contributed by atoms with Gasteiger partial charge in [0.1, 0.15) is 12.4 Å². The zero-order valence-corrected chi connectivity index (χ0v) is 15.4. The van der Waals surface area contributed by atoms with E-state index in [9.17, 15) is 9.90 Å². The second kappa shape index (κ2) is 7.91. The number of aliphatic hydroxyl groups is 1. The van der Waals surface area contributed by atoms with Crippen LogP contribution in [-0.4, -0.2) is 29.3 Å². The molecule has 0 saturated carbocycles. The molecular weight excluding hydrogens is 332 g/mol.